The van der Waals surface area contributed by atoms with Gasteiger partial charge in [-0.1, -0.05) is 30.3 Å². The monoisotopic (exact) mass is 278 g/mol. The Hall–Kier alpha value is -2.29. The predicted molar refractivity (Wildman–Crippen MR) is 84.7 cm³/mol. The number of fused-ring (bicyclic) bond motifs is 2. The van der Waals surface area contributed by atoms with Gasteiger partial charge < -0.3 is 0 Å². The van der Waals surface area contributed by atoms with Crippen molar-refractivity contribution in [2.45, 2.75) is 25.8 Å². The number of hydrogen-bond donors (Lipinski definition) is 0. The SMILES string of the molecule is Cn1c(=O)n(Cc2ccc3c(c2)CCC3)c2ccccc21. The van der Waals surface area contributed by atoms with E-state index in [4.69, 9.17) is 0 Å². The number of nitrogens with zero attached hydrogens (tertiary/aromatic N) is 2. The largest absolute Gasteiger partial charge is 0.329 e. The first-order valence-electron chi connectivity index (χ1n) is 7.49. The average Bonchev–Trinajstić information content (AvgIpc) is 3.06. The zero-order valence-electron chi connectivity index (χ0n) is 12.2. The van der Waals surface area contributed by atoms with E-state index in [2.05, 4.69) is 18.2 Å². The molecule has 1 aromatic heterocycles. The molecule has 3 aromatic rings. The maximum absolute atomic E-state index is 12.5. The lowest BCUT2D eigenvalue weighted by Gasteiger charge is -2.06. The first kappa shape index (κ1) is 12.5. The van der Waals surface area contributed by atoms with Gasteiger partial charge in [-0.3, -0.25) is 9.13 Å². The van der Waals surface area contributed by atoms with E-state index in [1.165, 1.54) is 36.0 Å². The molecule has 21 heavy (non-hydrogen) atoms. The van der Waals surface area contributed by atoms with E-state index < -0.39 is 0 Å². The van der Waals surface area contributed by atoms with Crippen LogP contribution in [0.15, 0.2) is 47.3 Å². The van der Waals surface area contributed by atoms with E-state index >= 15 is 0 Å². The van der Waals surface area contributed by atoms with Crippen LogP contribution < -0.4 is 5.69 Å². The third-order valence-corrected chi connectivity index (χ3v) is 4.56. The van der Waals surface area contributed by atoms with Gasteiger partial charge in [-0.2, -0.15) is 0 Å². The zero-order valence-corrected chi connectivity index (χ0v) is 12.2. The molecule has 0 amide bonds. The lowest BCUT2D eigenvalue weighted by atomic mass is 10.1. The van der Waals surface area contributed by atoms with Gasteiger partial charge in [0.05, 0.1) is 17.6 Å². The third-order valence-electron chi connectivity index (χ3n) is 4.56. The number of imidazole rings is 1. The molecule has 0 unspecified atom stereocenters. The van der Waals surface area contributed by atoms with Gasteiger partial charge in [0.25, 0.3) is 0 Å². The summed E-state index contributed by atoms with van der Waals surface area (Å²) in [6.07, 6.45) is 3.63. The molecule has 0 bridgehead atoms. The predicted octanol–water partition coefficient (Wildman–Crippen LogP) is 2.88. The van der Waals surface area contributed by atoms with E-state index in [0.29, 0.717) is 6.54 Å². The summed E-state index contributed by atoms with van der Waals surface area (Å²) in [6.45, 7) is 0.646. The Kier molecular flexibility index (Phi) is 2.74. The standard InChI is InChI=1S/C18H18N2O/c1-19-16-7-2-3-8-17(16)20(18(19)21)12-13-9-10-14-5-4-6-15(14)11-13/h2-3,7-11H,4-6,12H2,1H3. The van der Waals surface area contributed by atoms with Crippen LogP contribution >= 0.6 is 0 Å². The normalized spacial score (nSPS) is 13.8. The lowest BCUT2D eigenvalue weighted by molar-refractivity contribution is 0.735. The Morgan fingerprint density at radius 2 is 1.76 bits per heavy atom. The Bertz CT molecular complexity index is 886. The van der Waals surface area contributed by atoms with E-state index in [1.807, 2.05) is 35.9 Å². The van der Waals surface area contributed by atoms with Crippen LogP contribution in [0.25, 0.3) is 11.0 Å². The molecular formula is C18H18N2O. The minimum atomic E-state index is 0.0525. The van der Waals surface area contributed by atoms with E-state index in [1.54, 1.807) is 4.57 Å². The van der Waals surface area contributed by atoms with Crippen LogP contribution in [0.3, 0.4) is 0 Å². The summed E-state index contributed by atoms with van der Waals surface area (Å²) in [5.74, 6) is 0. The van der Waals surface area contributed by atoms with Crippen LogP contribution in [-0.2, 0) is 26.4 Å². The van der Waals surface area contributed by atoms with Crippen molar-refractivity contribution in [3.05, 3.63) is 69.6 Å². The van der Waals surface area contributed by atoms with Crippen molar-refractivity contribution in [2.24, 2.45) is 7.05 Å². The highest BCUT2D eigenvalue weighted by Gasteiger charge is 2.13. The van der Waals surface area contributed by atoms with Gasteiger partial charge in [0.15, 0.2) is 0 Å². The topological polar surface area (TPSA) is 26.9 Å². The summed E-state index contributed by atoms with van der Waals surface area (Å²) in [5.41, 5.74) is 6.20. The molecule has 0 saturated heterocycles. The summed E-state index contributed by atoms with van der Waals surface area (Å²) in [5, 5.41) is 0. The molecule has 0 atom stereocenters. The second kappa shape index (κ2) is 4.62. The molecule has 106 valence electrons. The lowest BCUT2D eigenvalue weighted by Crippen LogP contribution is -2.22. The number of para-hydroxylation sites is 2. The smallest absolute Gasteiger partial charge is 0.295 e. The third kappa shape index (κ3) is 1.92. The molecule has 1 aliphatic carbocycles. The van der Waals surface area contributed by atoms with Gasteiger partial charge >= 0.3 is 5.69 Å². The minimum Gasteiger partial charge on any atom is -0.295 e. The molecule has 3 nitrogen and oxygen atoms in total. The van der Waals surface area contributed by atoms with Crippen LogP contribution in [0.5, 0.6) is 0 Å². The maximum Gasteiger partial charge on any atom is 0.329 e. The minimum absolute atomic E-state index is 0.0525. The molecule has 1 heterocycles. The van der Waals surface area contributed by atoms with Crippen molar-refractivity contribution in [2.75, 3.05) is 0 Å². The van der Waals surface area contributed by atoms with Crippen molar-refractivity contribution in [1.82, 2.24) is 9.13 Å². The second-order valence-electron chi connectivity index (χ2n) is 5.87. The van der Waals surface area contributed by atoms with Crippen LogP contribution in [0.4, 0.5) is 0 Å². The van der Waals surface area contributed by atoms with Crippen LogP contribution in [0.2, 0.25) is 0 Å². The molecule has 0 fully saturated rings. The van der Waals surface area contributed by atoms with Gasteiger partial charge in [0.1, 0.15) is 0 Å². The van der Waals surface area contributed by atoms with Gasteiger partial charge in [-0.15, -0.1) is 0 Å². The average molecular weight is 278 g/mol. The summed E-state index contributed by atoms with van der Waals surface area (Å²) in [7, 11) is 1.84. The Morgan fingerprint density at radius 1 is 1.00 bits per heavy atom. The van der Waals surface area contributed by atoms with E-state index in [0.717, 1.165) is 11.0 Å². The van der Waals surface area contributed by atoms with Gasteiger partial charge in [0.2, 0.25) is 0 Å². The van der Waals surface area contributed by atoms with Crippen molar-refractivity contribution in [3.8, 4) is 0 Å². The molecule has 0 aliphatic heterocycles. The van der Waals surface area contributed by atoms with Crippen molar-refractivity contribution in [1.29, 1.82) is 0 Å². The number of benzene rings is 2. The quantitative estimate of drug-likeness (QED) is 0.708. The molecular weight excluding hydrogens is 260 g/mol. The molecule has 0 N–H and O–H groups in total. The van der Waals surface area contributed by atoms with E-state index in [9.17, 15) is 4.79 Å². The fourth-order valence-electron chi connectivity index (χ4n) is 3.42. The number of rotatable bonds is 2. The maximum atomic E-state index is 12.5. The highest BCUT2D eigenvalue weighted by molar-refractivity contribution is 5.75. The molecule has 0 spiro atoms. The Morgan fingerprint density at radius 3 is 2.62 bits per heavy atom. The van der Waals surface area contributed by atoms with Gasteiger partial charge in [0, 0.05) is 7.05 Å². The molecule has 1 aliphatic rings. The number of aromatic nitrogens is 2. The zero-order chi connectivity index (χ0) is 14.4. The second-order valence-corrected chi connectivity index (χ2v) is 5.87. The highest BCUT2D eigenvalue weighted by atomic mass is 16.1. The van der Waals surface area contributed by atoms with Gasteiger partial charge in [-0.25, -0.2) is 4.79 Å². The first-order chi connectivity index (χ1) is 10.2. The van der Waals surface area contributed by atoms with Crippen molar-refractivity contribution in [3.63, 3.8) is 0 Å². The fraction of sp³-hybridized carbons (Fsp3) is 0.278. The fourth-order valence-corrected chi connectivity index (χ4v) is 3.42. The number of hydrogen-bond acceptors (Lipinski definition) is 1. The van der Waals surface area contributed by atoms with Crippen LogP contribution in [0, 0.1) is 0 Å². The summed E-state index contributed by atoms with van der Waals surface area (Å²) < 4.78 is 3.59. The Balaban J connectivity index is 1.81. The molecule has 2 aromatic carbocycles. The molecule has 4 rings (SSSR count). The number of aryl methyl sites for hydroxylation is 3. The van der Waals surface area contributed by atoms with Crippen molar-refractivity contribution < 1.29 is 0 Å². The summed E-state index contributed by atoms with van der Waals surface area (Å²) in [4.78, 5) is 12.5. The molecule has 0 saturated carbocycles. The van der Waals surface area contributed by atoms with E-state index in [-0.39, 0.29) is 5.69 Å². The Labute approximate surface area is 123 Å². The first-order valence-corrected chi connectivity index (χ1v) is 7.49. The van der Waals surface area contributed by atoms with Crippen LogP contribution in [-0.4, -0.2) is 9.13 Å². The van der Waals surface area contributed by atoms with Crippen molar-refractivity contribution >= 4 is 11.0 Å². The summed E-state index contributed by atoms with van der Waals surface area (Å²) in [6, 6.07) is 14.6. The molecule has 3 heteroatoms. The molecule has 0 radical (unpaired) electrons. The van der Waals surface area contributed by atoms with Crippen LogP contribution in [0.1, 0.15) is 23.1 Å². The van der Waals surface area contributed by atoms with Gasteiger partial charge in [-0.05, 0) is 48.1 Å². The highest BCUT2D eigenvalue weighted by Crippen LogP contribution is 2.23. The summed E-state index contributed by atoms with van der Waals surface area (Å²) >= 11 is 0.